The van der Waals surface area contributed by atoms with E-state index in [9.17, 15) is 4.79 Å². The number of H-pyrrole nitrogens is 2. The van der Waals surface area contributed by atoms with Gasteiger partial charge in [-0.15, -0.1) is 0 Å². The first-order valence-electron chi connectivity index (χ1n) is 8.55. The lowest BCUT2D eigenvalue weighted by molar-refractivity contribution is -0.116. The van der Waals surface area contributed by atoms with Crippen LogP contribution in [0.15, 0.2) is 50.5 Å². The summed E-state index contributed by atoms with van der Waals surface area (Å²) in [5.74, 6) is 1.49. The zero-order chi connectivity index (χ0) is 17.7. The summed E-state index contributed by atoms with van der Waals surface area (Å²) in [7, 11) is 0. The molecule has 0 bridgehead atoms. The number of fused-ring (bicyclic) bond motifs is 1. The van der Waals surface area contributed by atoms with E-state index in [1.54, 1.807) is 0 Å². The molecule has 5 rings (SSSR count). The maximum atomic E-state index is 12.7. The Bertz CT molecular complexity index is 1030. The molecule has 26 heavy (non-hydrogen) atoms. The Kier molecular flexibility index (Phi) is 3.53. The molecule has 8 heteroatoms. The zero-order valence-corrected chi connectivity index (χ0v) is 14.9. The Labute approximate surface area is 153 Å². The SMILES string of the molecule is Cc1c[nH]c(Sc2ccc(C3C4=C(CCCC4=O)Nc4n[nH]cc43)o2)n1. The van der Waals surface area contributed by atoms with Crippen LogP contribution in [0, 0.1) is 6.92 Å². The van der Waals surface area contributed by atoms with Gasteiger partial charge in [-0.3, -0.25) is 9.89 Å². The number of hydrogen-bond donors (Lipinski definition) is 3. The molecular formula is C18H17N5O2S. The molecule has 4 heterocycles. The number of hydrogen-bond acceptors (Lipinski definition) is 6. The number of aryl methyl sites for hydroxylation is 1. The van der Waals surface area contributed by atoms with Crippen LogP contribution in [-0.4, -0.2) is 25.9 Å². The van der Waals surface area contributed by atoms with E-state index in [0.717, 1.165) is 57.2 Å². The molecule has 7 nitrogen and oxygen atoms in total. The Morgan fingerprint density at radius 2 is 2.19 bits per heavy atom. The van der Waals surface area contributed by atoms with Crippen LogP contribution in [0.3, 0.4) is 0 Å². The van der Waals surface area contributed by atoms with E-state index in [1.807, 2.05) is 31.5 Å². The normalized spacial score (nSPS) is 19.3. The number of nitrogens with zero attached hydrogens (tertiary/aromatic N) is 2. The van der Waals surface area contributed by atoms with Crippen molar-refractivity contribution in [2.45, 2.75) is 42.4 Å². The Morgan fingerprint density at radius 3 is 3.04 bits per heavy atom. The highest BCUT2D eigenvalue weighted by Crippen LogP contribution is 2.45. The third-order valence-corrected chi connectivity index (χ3v) is 5.58. The predicted octanol–water partition coefficient (Wildman–Crippen LogP) is 3.75. The Hall–Kier alpha value is -2.74. The number of carbonyl (C=O) groups excluding carboxylic acids is 1. The topological polar surface area (TPSA) is 99.6 Å². The number of carbonyl (C=O) groups is 1. The molecule has 2 aliphatic rings. The van der Waals surface area contributed by atoms with Gasteiger partial charge in [-0.05, 0) is 43.7 Å². The van der Waals surface area contributed by atoms with Gasteiger partial charge in [0.1, 0.15) is 5.76 Å². The average molecular weight is 367 g/mol. The highest BCUT2D eigenvalue weighted by Gasteiger charge is 2.37. The van der Waals surface area contributed by atoms with Crippen molar-refractivity contribution >= 4 is 23.4 Å². The van der Waals surface area contributed by atoms with E-state index in [2.05, 4.69) is 25.5 Å². The van der Waals surface area contributed by atoms with Gasteiger partial charge in [0.2, 0.25) is 0 Å². The van der Waals surface area contributed by atoms with Crippen molar-refractivity contribution in [3.63, 3.8) is 0 Å². The number of imidazole rings is 1. The van der Waals surface area contributed by atoms with Crippen LogP contribution in [-0.2, 0) is 4.79 Å². The summed E-state index contributed by atoms with van der Waals surface area (Å²) in [5, 5.41) is 12.0. The van der Waals surface area contributed by atoms with Crippen molar-refractivity contribution in [1.82, 2.24) is 20.2 Å². The molecular weight excluding hydrogens is 350 g/mol. The van der Waals surface area contributed by atoms with Crippen LogP contribution < -0.4 is 5.32 Å². The number of furan rings is 1. The predicted molar refractivity (Wildman–Crippen MR) is 96.1 cm³/mol. The number of Topliss-reactive ketones (excluding diaryl/α,β-unsaturated/α-hetero) is 1. The molecule has 0 radical (unpaired) electrons. The highest BCUT2D eigenvalue weighted by atomic mass is 32.2. The molecule has 1 aliphatic heterocycles. The summed E-state index contributed by atoms with van der Waals surface area (Å²) < 4.78 is 6.11. The summed E-state index contributed by atoms with van der Waals surface area (Å²) in [6.07, 6.45) is 6.00. The van der Waals surface area contributed by atoms with Gasteiger partial charge in [0.15, 0.2) is 21.8 Å². The van der Waals surface area contributed by atoms with Crippen LogP contribution in [0.2, 0.25) is 0 Å². The van der Waals surface area contributed by atoms with Crippen molar-refractivity contribution in [3.8, 4) is 0 Å². The fourth-order valence-electron chi connectivity index (χ4n) is 3.62. The van der Waals surface area contributed by atoms with Crippen molar-refractivity contribution in [1.29, 1.82) is 0 Å². The highest BCUT2D eigenvalue weighted by molar-refractivity contribution is 7.99. The van der Waals surface area contributed by atoms with Crippen LogP contribution in [0.4, 0.5) is 5.82 Å². The van der Waals surface area contributed by atoms with E-state index < -0.39 is 0 Å². The van der Waals surface area contributed by atoms with Gasteiger partial charge in [0.05, 0.1) is 11.6 Å². The summed E-state index contributed by atoms with van der Waals surface area (Å²) in [6, 6.07) is 3.87. The molecule has 1 unspecified atom stereocenters. The Balaban J connectivity index is 1.54. The molecule has 0 fully saturated rings. The second-order valence-electron chi connectivity index (χ2n) is 6.52. The number of aromatic amines is 2. The minimum Gasteiger partial charge on any atom is -0.453 e. The van der Waals surface area contributed by atoms with Gasteiger partial charge in [-0.25, -0.2) is 4.98 Å². The maximum absolute atomic E-state index is 12.7. The first-order chi connectivity index (χ1) is 12.7. The van der Waals surface area contributed by atoms with Crippen molar-refractivity contribution in [3.05, 3.63) is 52.8 Å². The van der Waals surface area contributed by atoms with Crippen LogP contribution in [0.5, 0.6) is 0 Å². The van der Waals surface area contributed by atoms with Gasteiger partial charge < -0.3 is 14.7 Å². The van der Waals surface area contributed by atoms with Crippen LogP contribution in [0.25, 0.3) is 0 Å². The number of nitrogens with one attached hydrogen (secondary N) is 3. The summed E-state index contributed by atoms with van der Waals surface area (Å²) in [4.78, 5) is 20.2. The van der Waals surface area contributed by atoms with Gasteiger partial charge >= 0.3 is 0 Å². The largest absolute Gasteiger partial charge is 0.453 e. The van der Waals surface area contributed by atoms with Crippen LogP contribution in [0.1, 0.15) is 42.2 Å². The second kappa shape index (κ2) is 5.91. The average Bonchev–Trinajstić information content (AvgIpc) is 3.35. The van der Waals surface area contributed by atoms with E-state index in [1.165, 1.54) is 11.8 Å². The standard InChI is InChI=1S/C18H17N5O2S/c1-9-7-19-18(21-9)26-14-6-5-13(25-14)15-10-8-20-23-17(10)22-11-3-2-4-12(24)16(11)15/h5-8,15H,2-4H2,1H3,(H,19,21)(H2,20,22,23). The molecule has 3 aromatic rings. The van der Waals surface area contributed by atoms with E-state index >= 15 is 0 Å². The van der Waals surface area contributed by atoms with E-state index in [0.29, 0.717) is 6.42 Å². The maximum Gasteiger partial charge on any atom is 0.173 e. The fourth-order valence-corrected chi connectivity index (χ4v) is 4.40. The molecule has 0 saturated heterocycles. The molecule has 3 aromatic heterocycles. The quantitative estimate of drug-likeness (QED) is 0.652. The number of ketones is 1. The third-order valence-electron chi connectivity index (χ3n) is 4.76. The molecule has 1 atom stereocenters. The molecule has 3 N–H and O–H groups in total. The first kappa shape index (κ1) is 15.5. The number of rotatable bonds is 3. The minimum absolute atomic E-state index is 0.183. The molecule has 0 spiro atoms. The molecule has 1 aliphatic carbocycles. The summed E-state index contributed by atoms with van der Waals surface area (Å²) in [5.41, 5.74) is 3.66. The molecule has 0 amide bonds. The van der Waals surface area contributed by atoms with Gasteiger partial charge in [0, 0.05) is 35.6 Å². The lowest BCUT2D eigenvalue weighted by Crippen LogP contribution is -2.26. The lowest BCUT2D eigenvalue weighted by Gasteiger charge is -2.30. The van der Waals surface area contributed by atoms with E-state index in [-0.39, 0.29) is 11.7 Å². The lowest BCUT2D eigenvalue weighted by atomic mass is 9.79. The molecule has 0 saturated carbocycles. The molecule has 0 aromatic carbocycles. The first-order valence-corrected chi connectivity index (χ1v) is 9.37. The number of aromatic nitrogens is 4. The smallest absolute Gasteiger partial charge is 0.173 e. The van der Waals surface area contributed by atoms with Gasteiger partial charge in [0.25, 0.3) is 0 Å². The second-order valence-corrected chi connectivity index (χ2v) is 7.52. The Morgan fingerprint density at radius 1 is 1.27 bits per heavy atom. The van der Waals surface area contributed by atoms with Crippen molar-refractivity contribution in [2.75, 3.05) is 5.32 Å². The number of allylic oxidation sites excluding steroid dienone is 2. The minimum atomic E-state index is -0.222. The van der Waals surface area contributed by atoms with E-state index in [4.69, 9.17) is 4.42 Å². The summed E-state index contributed by atoms with van der Waals surface area (Å²) >= 11 is 1.43. The monoisotopic (exact) mass is 367 g/mol. The molecule has 132 valence electrons. The van der Waals surface area contributed by atoms with Gasteiger partial charge in [-0.1, -0.05) is 0 Å². The number of anilines is 1. The zero-order valence-electron chi connectivity index (χ0n) is 14.1. The van der Waals surface area contributed by atoms with Crippen molar-refractivity contribution in [2.24, 2.45) is 0 Å². The summed E-state index contributed by atoms with van der Waals surface area (Å²) in [6.45, 7) is 1.94. The third kappa shape index (κ3) is 2.48. The van der Waals surface area contributed by atoms with Gasteiger partial charge in [-0.2, -0.15) is 5.10 Å². The van der Waals surface area contributed by atoms with Crippen LogP contribution >= 0.6 is 11.8 Å². The van der Waals surface area contributed by atoms with Crippen molar-refractivity contribution < 1.29 is 9.21 Å². The fraction of sp³-hybridized carbons (Fsp3) is 0.278.